The second kappa shape index (κ2) is 19.3. The molecule has 0 N–H and O–H groups in total. The number of ether oxygens (including phenoxy) is 1. The van der Waals surface area contributed by atoms with Gasteiger partial charge in [-0.05, 0) is 12.8 Å². The molecule has 0 radical (unpaired) electrons. The predicted octanol–water partition coefficient (Wildman–Crippen LogP) is 2.45. The average molecular weight is 252 g/mol. The molecule has 17 heavy (non-hydrogen) atoms. The van der Waals surface area contributed by atoms with Gasteiger partial charge in [0.25, 0.3) is 0 Å². The summed E-state index contributed by atoms with van der Waals surface area (Å²) in [4.78, 5) is 0. The monoisotopic (exact) mass is 252 g/mol. The van der Waals surface area contributed by atoms with Gasteiger partial charge in [-0.1, -0.05) is 71.6 Å². The van der Waals surface area contributed by atoms with Gasteiger partial charge in [-0.2, -0.15) is 0 Å². The molecule has 0 spiro atoms. The zero-order valence-electron chi connectivity index (χ0n) is 13.6. The van der Waals surface area contributed by atoms with Crippen LogP contribution >= 0.6 is 0 Å². The van der Waals surface area contributed by atoms with Crippen molar-refractivity contribution < 1.29 is 35.7 Å². The van der Waals surface area contributed by atoms with Gasteiger partial charge in [0.15, 0.2) is 0 Å². The molecule has 100 valence electrons. The van der Waals surface area contributed by atoms with E-state index in [9.17, 15) is 0 Å². The van der Waals surface area contributed by atoms with Crippen LogP contribution in [0.1, 0.15) is 85.9 Å². The SMILES string of the molecule is CCCCCCCCCCCCOCCC.[H-].[Na+]. The van der Waals surface area contributed by atoms with Crippen molar-refractivity contribution in [3.05, 3.63) is 0 Å². The maximum atomic E-state index is 5.45. The predicted molar refractivity (Wildman–Crippen MR) is 74.1 cm³/mol. The zero-order chi connectivity index (χ0) is 11.9. The third kappa shape index (κ3) is 19.5. The van der Waals surface area contributed by atoms with Gasteiger partial charge in [0, 0.05) is 13.2 Å². The first-order chi connectivity index (χ1) is 7.91. The van der Waals surface area contributed by atoms with E-state index in [1.807, 2.05) is 0 Å². The van der Waals surface area contributed by atoms with Crippen LogP contribution in [0.2, 0.25) is 0 Å². The second-order valence-corrected chi connectivity index (χ2v) is 4.79. The molecule has 0 saturated heterocycles. The molecule has 0 aromatic rings. The summed E-state index contributed by atoms with van der Waals surface area (Å²) < 4.78 is 5.45. The second-order valence-electron chi connectivity index (χ2n) is 4.79. The van der Waals surface area contributed by atoms with Gasteiger partial charge in [0.1, 0.15) is 0 Å². The van der Waals surface area contributed by atoms with Gasteiger partial charge >= 0.3 is 29.6 Å². The summed E-state index contributed by atoms with van der Waals surface area (Å²) in [5.41, 5.74) is 0. The molecule has 0 heterocycles. The molecule has 0 fully saturated rings. The minimum absolute atomic E-state index is 0. The van der Waals surface area contributed by atoms with Crippen LogP contribution in [-0.2, 0) is 4.74 Å². The Balaban J connectivity index is -0.00000112. The summed E-state index contributed by atoms with van der Waals surface area (Å²) >= 11 is 0. The van der Waals surface area contributed by atoms with Crippen molar-refractivity contribution in [3.8, 4) is 0 Å². The van der Waals surface area contributed by atoms with Gasteiger partial charge in [0.05, 0.1) is 0 Å². The molecule has 0 rings (SSSR count). The average Bonchev–Trinajstić information content (AvgIpc) is 2.31. The first-order valence-electron chi connectivity index (χ1n) is 7.49. The van der Waals surface area contributed by atoms with Gasteiger partial charge in [-0.15, -0.1) is 0 Å². The van der Waals surface area contributed by atoms with Crippen molar-refractivity contribution >= 4 is 0 Å². The maximum absolute atomic E-state index is 5.45. The number of hydrogen-bond donors (Lipinski definition) is 0. The first-order valence-corrected chi connectivity index (χ1v) is 7.49. The summed E-state index contributed by atoms with van der Waals surface area (Å²) in [6.45, 7) is 6.36. The Morgan fingerprint density at radius 3 is 1.53 bits per heavy atom. The molecular weight excluding hydrogens is 219 g/mol. The Hall–Kier alpha value is 0.960. The van der Waals surface area contributed by atoms with Crippen LogP contribution in [-0.4, -0.2) is 13.2 Å². The molecule has 0 aliphatic rings. The normalized spacial score (nSPS) is 10.2. The van der Waals surface area contributed by atoms with Crippen LogP contribution < -0.4 is 29.6 Å². The molecule has 0 saturated carbocycles. The molecule has 0 unspecified atom stereocenters. The number of hydrogen-bond acceptors (Lipinski definition) is 1. The molecule has 0 amide bonds. The molecule has 0 bridgehead atoms. The summed E-state index contributed by atoms with van der Waals surface area (Å²) in [5.74, 6) is 0. The van der Waals surface area contributed by atoms with Gasteiger partial charge in [0.2, 0.25) is 0 Å². The molecule has 2 heteroatoms. The Kier molecular flexibility index (Phi) is 23.0. The smallest absolute Gasteiger partial charge is 1.00 e. The van der Waals surface area contributed by atoms with Gasteiger partial charge in [-0.3, -0.25) is 0 Å². The van der Waals surface area contributed by atoms with Crippen molar-refractivity contribution in [2.24, 2.45) is 0 Å². The third-order valence-electron chi connectivity index (χ3n) is 2.99. The summed E-state index contributed by atoms with van der Waals surface area (Å²) in [7, 11) is 0. The van der Waals surface area contributed by atoms with Crippen LogP contribution in [0.5, 0.6) is 0 Å². The molecule has 0 aliphatic carbocycles. The fraction of sp³-hybridized carbons (Fsp3) is 1.00. The van der Waals surface area contributed by atoms with Gasteiger partial charge < -0.3 is 6.16 Å². The van der Waals surface area contributed by atoms with Crippen molar-refractivity contribution in [2.45, 2.75) is 84.5 Å². The standard InChI is InChI=1S/C15H32O.Na.H/c1-3-5-6-7-8-9-10-11-12-13-15-16-14-4-2;;/h3-15H2,1-2H3;;/q;+1;-1. The van der Waals surface area contributed by atoms with Crippen LogP contribution in [0, 0.1) is 0 Å². The van der Waals surface area contributed by atoms with E-state index < -0.39 is 0 Å². The van der Waals surface area contributed by atoms with E-state index in [1.165, 1.54) is 64.2 Å². The van der Waals surface area contributed by atoms with E-state index >= 15 is 0 Å². The van der Waals surface area contributed by atoms with Crippen LogP contribution in [0.4, 0.5) is 0 Å². The molecular formula is C15H33NaO. The molecule has 0 atom stereocenters. The van der Waals surface area contributed by atoms with E-state index in [2.05, 4.69) is 13.8 Å². The Labute approximate surface area is 133 Å². The fourth-order valence-electron chi connectivity index (χ4n) is 1.94. The number of rotatable bonds is 13. The molecule has 0 aliphatic heterocycles. The quantitative estimate of drug-likeness (QED) is 0.361. The third-order valence-corrected chi connectivity index (χ3v) is 2.99. The first kappa shape index (κ1) is 20.3. The largest absolute Gasteiger partial charge is 1.00 e. The van der Waals surface area contributed by atoms with Crippen LogP contribution in [0.25, 0.3) is 0 Å². The van der Waals surface area contributed by atoms with Crippen molar-refractivity contribution in [1.29, 1.82) is 0 Å². The van der Waals surface area contributed by atoms with Crippen molar-refractivity contribution in [3.63, 3.8) is 0 Å². The Morgan fingerprint density at radius 2 is 1.06 bits per heavy atom. The maximum Gasteiger partial charge on any atom is 1.00 e. The van der Waals surface area contributed by atoms with Crippen molar-refractivity contribution in [1.82, 2.24) is 0 Å². The van der Waals surface area contributed by atoms with E-state index in [0.717, 1.165) is 19.6 Å². The Bertz CT molecular complexity index is 109. The zero-order valence-corrected chi connectivity index (χ0v) is 14.6. The van der Waals surface area contributed by atoms with Crippen LogP contribution in [0.3, 0.4) is 0 Å². The Morgan fingerprint density at radius 1 is 0.588 bits per heavy atom. The van der Waals surface area contributed by atoms with E-state index in [4.69, 9.17) is 4.74 Å². The van der Waals surface area contributed by atoms with Crippen molar-refractivity contribution in [2.75, 3.05) is 13.2 Å². The minimum Gasteiger partial charge on any atom is -1.00 e. The molecule has 1 nitrogen and oxygen atoms in total. The molecule has 0 aromatic heterocycles. The van der Waals surface area contributed by atoms with E-state index in [-0.39, 0.29) is 31.0 Å². The summed E-state index contributed by atoms with van der Waals surface area (Å²) in [5, 5.41) is 0. The summed E-state index contributed by atoms with van der Waals surface area (Å²) in [6.07, 6.45) is 15.2. The topological polar surface area (TPSA) is 9.23 Å². The fourth-order valence-corrected chi connectivity index (χ4v) is 1.94. The number of unbranched alkanes of at least 4 members (excludes halogenated alkanes) is 9. The minimum atomic E-state index is 0. The van der Waals surface area contributed by atoms with E-state index in [0.29, 0.717) is 0 Å². The van der Waals surface area contributed by atoms with Gasteiger partial charge in [-0.25, -0.2) is 0 Å². The van der Waals surface area contributed by atoms with Crippen LogP contribution in [0.15, 0.2) is 0 Å². The molecule has 0 aromatic carbocycles. The summed E-state index contributed by atoms with van der Waals surface area (Å²) in [6, 6.07) is 0. The van der Waals surface area contributed by atoms with E-state index in [1.54, 1.807) is 0 Å².